The fourth-order valence-electron chi connectivity index (χ4n) is 3.53. The second-order valence-corrected chi connectivity index (χ2v) is 7.80. The topological polar surface area (TPSA) is 69.1 Å². The van der Waals surface area contributed by atoms with Gasteiger partial charge in [0, 0.05) is 35.6 Å². The Morgan fingerprint density at radius 3 is 2.84 bits per heavy atom. The number of H-pyrrole nitrogens is 1. The van der Waals surface area contributed by atoms with Crippen molar-refractivity contribution in [1.82, 2.24) is 9.88 Å². The number of ether oxygens (including phenoxy) is 1. The first-order valence-electron chi connectivity index (χ1n) is 8.79. The summed E-state index contributed by atoms with van der Waals surface area (Å²) in [6, 6.07) is 7.91. The highest BCUT2D eigenvalue weighted by atomic mass is 16.6. The molecule has 2 heterocycles. The fourth-order valence-corrected chi connectivity index (χ4v) is 3.53. The Labute approximate surface area is 148 Å². The summed E-state index contributed by atoms with van der Waals surface area (Å²) in [5, 5.41) is 10.2. The minimum Gasteiger partial charge on any atom is -0.444 e. The van der Waals surface area contributed by atoms with E-state index in [1.165, 1.54) is 11.3 Å². The molecule has 2 aromatic rings. The molecule has 1 aliphatic rings. The Bertz CT molecular complexity index is 839. The first-order valence-corrected chi connectivity index (χ1v) is 8.79. The van der Waals surface area contributed by atoms with Crippen LogP contribution in [0.1, 0.15) is 56.4 Å². The molecule has 1 amide bonds. The highest BCUT2D eigenvalue weighted by Crippen LogP contribution is 2.33. The smallest absolute Gasteiger partial charge is 0.410 e. The Morgan fingerprint density at radius 2 is 2.16 bits per heavy atom. The molecule has 0 saturated carbocycles. The van der Waals surface area contributed by atoms with E-state index in [-0.39, 0.29) is 12.0 Å². The van der Waals surface area contributed by atoms with Crippen molar-refractivity contribution in [3.05, 3.63) is 35.0 Å². The standard InChI is InChI=1S/C20H25N3O2/c1-13-16-10-14(11-21)7-8-17(16)22-18(13)15-6-5-9-23(12-15)19(24)25-20(2,3)4/h7-8,10,15,22H,5-6,9,12H2,1-4H3. The van der Waals surface area contributed by atoms with Gasteiger partial charge in [-0.15, -0.1) is 0 Å². The van der Waals surface area contributed by atoms with Crippen LogP contribution in [0.15, 0.2) is 18.2 Å². The highest BCUT2D eigenvalue weighted by molar-refractivity contribution is 5.86. The van der Waals surface area contributed by atoms with E-state index in [9.17, 15) is 4.79 Å². The molecule has 0 spiro atoms. The molecule has 25 heavy (non-hydrogen) atoms. The molecular formula is C20H25N3O2. The van der Waals surface area contributed by atoms with E-state index >= 15 is 0 Å². The number of fused-ring (bicyclic) bond motifs is 1. The van der Waals surface area contributed by atoms with Gasteiger partial charge < -0.3 is 14.6 Å². The number of rotatable bonds is 1. The lowest BCUT2D eigenvalue weighted by atomic mass is 9.92. The molecule has 1 atom stereocenters. The van der Waals surface area contributed by atoms with Gasteiger partial charge in [-0.1, -0.05) is 0 Å². The molecule has 3 rings (SSSR count). The molecule has 0 aliphatic carbocycles. The molecule has 5 heteroatoms. The van der Waals surface area contributed by atoms with Crippen LogP contribution in [0.4, 0.5) is 4.79 Å². The number of piperidine rings is 1. The van der Waals surface area contributed by atoms with Crippen molar-refractivity contribution in [2.75, 3.05) is 13.1 Å². The second-order valence-electron chi connectivity index (χ2n) is 7.80. The molecule has 132 valence electrons. The maximum atomic E-state index is 12.4. The number of aryl methyl sites for hydroxylation is 1. The van der Waals surface area contributed by atoms with Gasteiger partial charge in [0.05, 0.1) is 11.6 Å². The average molecular weight is 339 g/mol. The molecule has 0 bridgehead atoms. The molecule has 1 aromatic heterocycles. The van der Waals surface area contributed by atoms with E-state index < -0.39 is 5.60 Å². The highest BCUT2D eigenvalue weighted by Gasteiger charge is 2.30. The van der Waals surface area contributed by atoms with Crippen LogP contribution in [-0.2, 0) is 4.74 Å². The number of carbonyl (C=O) groups is 1. The van der Waals surface area contributed by atoms with E-state index in [4.69, 9.17) is 10.00 Å². The van der Waals surface area contributed by atoms with Crippen molar-refractivity contribution in [2.24, 2.45) is 0 Å². The lowest BCUT2D eigenvalue weighted by molar-refractivity contribution is 0.0197. The summed E-state index contributed by atoms with van der Waals surface area (Å²) in [7, 11) is 0. The van der Waals surface area contributed by atoms with E-state index in [0.29, 0.717) is 12.1 Å². The quantitative estimate of drug-likeness (QED) is 0.834. The number of nitriles is 1. The third-order valence-corrected chi connectivity index (χ3v) is 4.71. The first kappa shape index (κ1) is 17.3. The summed E-state index contributed by atoms with van der Waals surface area (Å²) in [6.07, 6.45) is 1.76. The number of nitrogens with zero attached hydrogens (tertiary/aromatic N) is 2. The van der Waals surface area contributed by atoms with E-state index in [1.54, 1.807) is 0 Å². The van der Waals surface area contributed by atoms with E-state index in [0.717, 1.165) is 30.3 Å². The number of aromatic amines is 1. The molecule has 0 radical (unpaired) electrons. The van der Waals surface area contributed by atoms with Gasteiger partial charge in [-0.05, 0) is 64.3 Å². The average Bonchev–Trinajstić information content (AvgIpc) is 2.90. The third-order valence-electron chi connectivity index (χ3n) is 4.71. The SMILES string of the molecule is Cc1c(C2CCCN(C(=O)OC(C)(C)C)C2)[nH]c2ccc(C#N)cc12. The zero-order valence-electron chi connectivity index (χ0n) is 15.3. The number of hydrogen-bond acceptors (Lipinski definition) is 3. The summed E-state index contributed by atoms with van der Waals surface area (Å²) in [5.41, 5.74) is 3.57. The summed E-state index contributed by atoms with van der Waals surface area (Å²) < 4.78 is 5.52. The van der Waals surface area contributed by atoms with Gasteiger partial charge in [0.25, 0.3) is 0 Å². The normalized spacial score (nSPS) is 18.2. The number of amides is 1. The Balaban J connectivity index is 1.84. The van der Waals surface area contributed by atoms with Crippen molar-refractivity contribution >= 4 is 17.0 Å². The van der Waals surface area contributed by atoms with Crippen LogP contribution in [0.3, 0.4) is 0 Å². The number of carbonyl (C=O) groups excluding carboxylic acids is 1. The minimum atomic E-state index is -0.477. The third kappa shape index (κ3) is 3.63. The summed E-state index contributed by atoms with van der Waals surface area (Å²) in [4.78, 5) is 17.7. The van der Waals surface area contributed by atoms with E-state index in [2.05, 4.69) is 18.0 Å². The number of likely N-dealkylation sites (tertiary alicyclic amines) is 1. The molecule has 1 fully saturated rings. The summed E-state index contributed by atoms with van der Waals surface area (Å²) in [5.74, 6) is 0.263. The van der Waals surface area contributed by atoms with Gasteiger partial charge in [0.15, 0.2) is 0 Å². The zero-order valence-corrected chi connectivity index (χ0v) is 15.3. The summed E-state index contributed by atoms with van der Waals surface area (Å²) >= 11 is 0. The Morgan fingerprint density at radius 1 is 1.40 bits per heavy atom. The van der Waals surface area contributed by atoms with Crippen LogP contribution in [0.25, 0.3) is 10.9 Å². The van der Waals surface area contributed by atoms with Gasteiger partial charge >= 0.3 is 6.09 Å². The minimum absolute atomic E-state index is 0.238. The number of aromatic nitrogens is 1. The number of benzene rings is 1. The largest absolute Gasteiger partial charge is 0.444 e. The van der Waals surface area contributed by atoms with Crippen LogP contribution in [0.5, 0.6) is 0 Å². The molecule has 1 saturated heterocycles. The Hall–Kier alpha value is -2.48. The van der Waals surface area contributed by atoms with Gasteiger partial charge in [-0.3, -0.25) is 0 Å². The van der Waals surface area contributed by atoms with Crippen LogP contribution in [0.2, 0.25) is 0 Å². The number of hydrogen-bond donors (Lipinski definition) is 1. The monoisotopic (exact) mass is 339 g/mol. The predicted molar refractivity (Wildman–Crippen MR) is 97.5 cm³/mol. The lowest BCUT2D eigenvalue weighted by Gasteiger charge is -2.34. The molecule has 1 aromatic carbocycles. The maximum absolute atomic E-state index is 12.4. The van der Waals surface area contributed by atoms with Gasteiger partial charge in [-0.25, -0.2) is 4.79 Å². The van der Waals surface area contributed by atoms with Crippen molar-refractivity contribution in [3.63, 3.8) is 0 Å². The van der Waals surface area contributed by atoms with Gasteiger partial charge in [0.2, 0.25) is 0 Å². The zero-order chi connectivity index (χ0) is 18.2. The van der Waals surface area contributed by atoms with Gasteiger partial charge in [0.1, 0.15) is 5.60 Å². The summed E-state index contributed by atoms with van der Waals surface area (Å²) in [6.45, 7) is 9.15. The fraction of sp³-hybridized carbons (Fsp3) is 0.500. The van der Waals surface area contributed by atoms with Crippen molar-refractivity contribution < 1.29 is 9.53 Å². The van der Waals surface area contributed by atoms with Gasteiger partial charge in [-0.2, -0.15) is 5.26 Å². The predicted octanol–water partition coefficient (Wildman–Crippen LogP) is 4.46. The van der Waals surface area contributed by atoms with Crippen LogP contribution in [-0.4, -0.2) is 34.7 Å². The molecular weight excluding hydrogens is 314 g/mol. The second kappa shape index (κ2) is 6.44. The van der Waals surface area contributed by atoms with Crippen LogP contribution >= 0.6 is 0 Å². The molecule has 1 unspecified atom stereocenters. The molecule has 1 N–H and O–H groups in total. The van der Waals surface area contributed by atoms with Crippen molar-refractivity contribution in [3.8, 4) is 6.07 Å². The van der Waals surface area contributed by atoms with Crippen LogP contribution < -0.4 is 0 Å². The molecule has 5 nitrogen and oxygen atoms in total. The molecule has 1 aliphatic heterocycles. The maximum Gasteiger partial charge on any atom is 0.410 e. The van der Waals surface area contributed by atoms with E-state index in [1.807, 2.05) is 43.9 Å². The van der Waals surface area contributed by atoms with Crippen LogP contribution in [0, 0.1) is 18.3 Å². The number of nitrogens with one attached hydrogen (secondary N) is 1. The Kier molecular flexibility index (Phi) is 4.47. The van der Waals surface area contributed by atoms with Crippen molar-refractivity contribution in [2.45, 2.75) is 52.1 Å². The lowest BCUT2D eigenvalue weighted by Crippen LogP contribution is -2.42. The van der Waals surface area contributed by atoms with Crippen molar-refractivity contribution in [1.29, 1.82) is 5.26 Å². The first-order chi connectivity index (χ1) is 11.8.